The number of ketones is 1. The van der Waals surface area contributed by atoms with Crippen molar-refractivity contribution in [1.29, 1.82) is 0 Å². The molecule has 0 bridgehead atoms. The van der Waals surface area contributed by atoms with Crippen molar-refractivity contribution in [1.82, 2.24) is 0 Å². The maximum atomic E-state index is 12.0. The molecule has 1 aliphatic carbocycles. The second kappa shape index (κ2) is 7.46. The third-order valence-corrected chi connectivity index (χ3v) is 3.46. The number of ether oxygens (including phenoxy) is 1. The monoisotopic (exact) mass is 240 g/mol. The molecule has 0 aromatic heterocycles. The van der Waals surface area contributed by atoms with Crippen molar-refractivity contribution in [3.05, 3.63) is 0 Å². The van der Waals surface area contributed by atoms with Crippen molar-refractivity contribution in [2.75, 3.05) is 0 Å². The van der Waals surface area contributed by atoms with Crippen LogP contribution in [0.1, 0.15) is 65.2 Å². The summed E-state index contributed by atoms with van der Waals surface area (Å²) < 4.78 is 5.36. The highest BCUT2D eigenvalue weighted by molar-refractivity contribution is 5.82. The SMILES string of the molecule is CCCCC(OC(C)=O)C1CCCCCC1=O. The smallest absolute Gasteiger partial charge is 0.302 e. The molecule has 1 rings (SSSR count). The van der Waals surface area contributed by atoms with Gasteiger partial charge in [0.05, 0.1) is 5.92 Å². The van der Waals surface area contributed by atoms with Gasteiger partial charge in [0.2, 0.25) is 0 Å². The molecule has 0 aliphatic heterocycles. The summed E-state index contributed by atoms with van der Waals surface area (Å²) in [6, 6.07) is 0. The first-order valence-corrected chi connectivity index (χ1v) is 6.85. The van der Waals surface area contributed by atoms with E-state index in [1.807, 2.05) is 0 Å². The highest BCUT2D eigenvalue weighted by Crippen LogP contribution is 2.27. The number of carbonyl (C=O) groups is 2. The van der Waals surface area contributed by atoms with Crippen LogP contribution in [-0.4, -0.2) is 17.9 Å². The first-order valence-electron chi connectivity index (χ1n) is 6.85. The van der Waals surface area contributed by atoms with Crippen LogP contribution < -0.4 is 0 Å². The number of unbranched alkanes of at least 4 members (excludes halogenated alkanes) is 1. The Morgan fingerprint density at radius 2 is 2.18 bits per heavy atom. The van der Waals surface area contributed by atoms with Gasteiger partial charge in [-0.1, -0.05) is 32.6 Å². The van der Waals surface area contributed by atoms with Crippen molar-refractivity contribution in [3.63, 3.8) is 0 Å². The molecule has 3 heteroatoms. The molecule has 98 valence electrons. The van der Waals surface area contributed by atoms with E-state index >= 15 is 0 Å². The molecular formula is C14H24O3. The Morgan fingerprint density at radius 1 is 1.41 bits per heavy atom. The lowest BCUT2D eigenvalue weighted by Gasteiger charge is -2.24. The molecule has 0 aromatic rings. The summed E-state index contributed by atoms with van der Waals surface area (Å²) in [5.74, 6) is -0.0130. The van der Waals surface area contributed by atoms with E-state index in [9.17, 15) is 9.59 Å². The normalized spacial score (nSPS) is 22.9. The van der Waals surface area contributed by atoms with E-state index in [4.69, 9.17) is 4.74 Å². The van der Waals surface area contributed by atoms with Gasteiger partial charge in [-0.05, 0) is 19.3 Å². The summed E-state index contributed by atoms with van der Waals surface area (Å²) in [5.41, 5.74) is 0. The van der Waals surface area contributed by atoms with Crippen LogP contribution in [0.25, 0.3) is 0 Å². The molecule has 0 aromatic carbocycles. The number of carbonyl (C=O) groups excluding carboxylic acids is 2. The van der Waals surface area contributed by atoms with Gasteiger partial charge >= 0.3 is 5.97 Å². The van der Waals surface area contributed by atoms with Crippen LogP contribution in [0, 0.1) is 5.92 Å². The fraction of sp³-hybridized carbons (Fsp3) is 0.857. The van der Waals surface area contributed by atoms with Gasteiger partial charge in [0.1, 0.15) is 11.9 Å². The molecule has 1 aliphatic rings. The number of Topliss-reactive ketones (excluding diaryl/α,β-unsaturated/α-hetero) is 1. The number of hydrogen-bond donors (Lipinski definition) is 0. The Balaban J connectivity index is 2.64. The minimum atomic E-state index is -0.261. The highest BCUT2D eigenvalue weighted by atomic mass is 16.5. The predicted molar refractivity (Wildman–Crippen MR) is 66.7 cm³/mol. The topological polar surface area (TPSA) is 43.4 Å². The zero-order chi connectivity index (χ0) is 12.7. The van der Waals surface area contributed by atoms with Crippen LogP contribution in [0.2, 0.25) is 0 Å². The zero-order valence-corrected chi connectivity index (χ0v) is 11.0. The Kier molecular flexibility index (Phi) is 6.23. The zero-order valence-electron chi connectivity index (χ0n) is 11.0. The molecule has 0 heterocycles. The van der Waals surface area contributed by atoms with Crippen LogP contribution in [0.4, 0.5) is 0 Å². The fourth-order valence-electron chi connectivity index (χ4n) is 2.54. The van der Waals surface area contributed by atoms with Crippen LogP contribution in [0.5, 0.6) is 0 Å². The molecule has 2 atom stereocenters. The summed E-state index contributed by atoms with van der Waals surface area (Å²) in [5, 5.41) is 0. The molecular weight excluding hydrogens is 216 g/mol. The third kappa shape index (κ3) is 4.88. The minimum absolute atomic E-state index is 0.0482. The standard InChI is InChI=1S/C14H24O3/c1-3-4-10-14(17-11(2)15)12-8-6-5-7-9-13(12)16/h12,14H,3-10H2,1-2H3. The first kappa shape index (κ1) is 14.2. The average molecular weight is 240 g/mol. The minimum Gasteiger partial charge on any atom is -0.462 e. The van der Waals surface area contributed by atoms with Gasteiger partial charge in [-0.3, -0.25) is 9.59 Å². The number of rotatable bonds is 5. The largest absolute Gasteiger partial charge is 0.462 e. The van der Waals surface area contributed by atoms with Crippen molar-refractivity contribution in [2.45, 2.75) is 71.3 Å². The lowest BCUT2D eigenvalue weighted by Crippen LogP contribution is -2.31. The van der Waals surface area contributed by atoms with Gasteiger partial charge in [0, 0.05) is 13.3 Å². The second-order valence-electron chi connectivity index (χ2n) is 4.96. The molecule has 3 nitrogen and oxygen atoms in total. The molecule has 1 fully saturated rings. The maximum Gasteiger partial charge on any atom is 0.302 e. The van der Waals surface area contributed by atoms with Crippen molar-refractivity contribution < 1.29 is 14.3 Å². The Labute approximate surface area is 104 Å². The van der Waals surface area contributed by atoms with Gasteiger partial charge in [-0.25, -0.2) is 0 Å². The highest BCUT2D eigenvalue weighted by Gasteiger charge is 2.30. The van der Waals surface area contributed by atoms with E-state index in [-0.39, 0.29) is 18.0 Å². The van der Waals surface area contributed by atoms with E-state index < -0.39 is 0 Å². The van der Waals surface area contributed by atoms with E-state index in [1.54, 1.807) is 0 Å². The molecule has 0 spiro atoms. The van der Waals surface area contributed by atoms with Gasteiger partial charge in [-0.2, -0.15) is 0 Å². The molecule has 1 saturated carbocycles. The Bertz CT molecular complexity index is 260. The quantitative estimate of drug-likeness (QED) is 0.547. The fourth-order valence-corrected chi connectivity index (χ4v) is 2.54. The number of esters is 1. The van der Waals surface area contributed by atoms with Crippen LogP contribution in [0.15, 0.2) is 0 Å². The van der Waals surface area contributed by atoms with Crippen molar-refractivity contribution >= 4 is 11.8 Å². The summed E-state index contributed by atoms with van der Waals surface area (Å²) in [4.78, 5) is 23.1. The first-order chi connectivity index (χ1) is 8.15. The van der Waals surface area contributed by atoms with Crippen molar-refractivity contribution in [2.24, 2.45) is 5.92 Å². The van der Waals surface area contributed by atoms with E-state index in [1.165, 1.54) is 6.92 Å². The molecule has 2 unspecified atom stereocenters. The van der Waals surface area contributed by atoms with Gasteiger partial charge < -0.3 is 4.74 Å². The second-order valence-corrected chi connectivity index (χ2v) is 4.96. The average Bonchev–Trinajstić information content (AvgIpc) is 2.49. The van der Waals surface area contributed by atoms with Crippen molar-refractivity contribution in [3.8, 4) is 0 Å². The Hall–Kier alpha value is -0.860. The predicted octanol–water partition coefficient (Wildman–Crippen LogP) is 3.26. The summed E-state index contributed by atoms with van der Waals surface area (Å²) >= 11 is 0. The van der Waals surface area contributed by atoms with Crippen LogP contribution in [0.3, 0.4) is 0 Å². The molecule has 0 radical (unpaired) electrons. The lowest BCUT2D eigenvalue weighted by molar-refractivity contribution is -0.151. The lowest BCUT2D eigenvalue weighted by atomic mass is 9.89. The third-order valence-electron chi connectivity index (χ3n) is 3.46. The Morgan fingerprint density at radius 3 is 2.82 bits per heavy atom. The van der Waals surface area contributed by atoms with Crippen LogP contribution >= 0.6 is 0 Å². The maximum absolute atomic E-state index is 12.0. The molecule has 17 heavy (non-hydrogen) atoms. The molecule has 0 N–H and O–H groups in total. The number of hydrogen-bond acceptors (Lipinski definition) is 3. The van der Waals surface area contributed by atoms with Crippen LogP contribution in [-0.2, 0) is 14.3 Å². The van der Waals surface area contributed by atoms with Gasteiger partial charge in [0.15, 0.2) is 0 Å². The summed E-state index contributed by atoms with van der Waals surface area (Å²) in [6.07, 6.45) is 7.49. The van der Waals surface area contributed by atoms with Gasteiger partial charge in [-0.15, -0.1) is 0 Å². The van der Waals surface area contributed by atoms with E-state index in [2.05, 4.69) is 6.92 Å². The van der Waals surface area contributed by atoms with Gasteiger partial charge in [0.25, 0.3) is 0 Å². The summed E-state index contributed by atoms with van der Waals surface area (Å²) in [7, 11) is 0. The van der Waals surface area contributed by atoms with E-state index in [0.29, 0.717) is 12.2 Å². The molecule has 0 amide bonds. The molecule has 0 saturated heterocycles. The van der Waals surface area contributed by atoms with E-state index in [0.717, 1.165) is 44.9 Å². The summed E-state index contributed by atoms with van der Waals surface area (Å²) in [6.45, 7) is 3.54.